The van der Waals surface area contributed by atoms with Crippen LogP contribution in [0.1, 0.15) is 37.3 Å². The number of likely N-dealkylation sites (tertiary alicyclic amines) is 1. The molecule has 2 N–H and O–H groups in total. The van der Waals surface area contributed by atoms with Crippen molar-refractivity contribution in [2.24, 2.45) is 4.99 Å². The molecule has 1 saturated heterocycles. The molecular weight excluding hydrogens is 505 g/mol. The van der Waals surface area contributed by atoms with E-state index in [4.69, 9.17) is 4.74 Å². The fourth-order valence-corrected chi connectivity index (χ4v) is 3.29. The Morgan fingerprint density at radius 2 is 2.03 bits per heavy atom. The van der Waals surface area contributed by atoms with Gasteiger partial charge in [-0.2, -0.15) is 0 Å². The number of nitrogens with zero attached hydrogens (tertiary/aromatic N) is 3. The summed E-state index contributed by atoms with van der Waals surface area (Å²) in [5.74, 6) is 1.65. The fraction of sp³-hybridized carbons (Fsp3) is 0.435. The van der Waals surface area contributed by atoms with Gasteiger partial charge in [0.25, 0.3) is 0 Å². The Kier molecular flexibility index (Phi) is 11.1. The predicted molar refractivity (Wildman–Crippen MR) is 134 cm³/mol. The number of aromatic nitrogens is 1. The maximum atomic E-state index is 11.7. The van der Waals surface area contributed by atoms with Gasteiger partial charge < -0.3 is 20.3 Å². The lowest BCUT2D eigenvalue weighted by atomic mass is 10.2. The topological polar surface area (TPSA) is 78.9 Å². The highest BCUT2D eigenvalue weighted by molar-refractivity contribution is 14.0. The standard InChI is InChI=1S/C23H31N5O2.HI/c1-2-24-23(26-12-7-15-28-14-6-10-22(28)29)27-17-20-11-13-25-21(16-20)30-18-19-8-4-3-5-9-19;/h3-5,8-9,11,13,16H,2,6-7,10,12,14-15,17-18H2,1H3,(H2,24,26,27);1H. The summed E-state index contributed by atoms with van der Waals surface area (Å²) in [6.45, 7) is 6.33. The van der Waals surface area contributed by atoms with Gasteiger partial charge in [0.1, 0.15) is 6.61 Å². The van der Waals surface area contributed by atoms with Gasteiger partial charge >= 0.3 is 0 Å². The third kappa shape index (κ3) is 8.72. The van der Waals surface area contributed by atoms with Crippen molar-refractivity contribution >= 4 is 35.8 Å². The number of carbonyl (C=O) groups excluding carboxylic acids is 1. The van der Waals surface area contributed by atoms with E-state index in [0.717, 1.165) is 56.1 Å². The lowest BCUT2D eigenvalue weighted by Crippen LogP contribution is -2.39. The van der Waals surface area contributed by atoms with E-state index in [1.165, 1.54) is 0 Å². The molecule has 1 aliphatic heterocycles. The Hall–Kier alpha value is -2.36. The number of hydrogen-bond donors (Lipinski definition) is 2. The summed E-state index contributed by atoms with van der Waals surface area (Å²) in [4.78, 5) is 22.6. The van der Waals surface area contributed by atoms with Crippen molar-refractivity contribution in [3.8, 4) is 5.88 Å². The quantitative estimate of drug-likeness (QED) is 0.211. The molecule has 0 aliphatic carbocycles. The first-order valence-electron chi connectivity index (χ1n) is 10.7. The number of amides is 1. The monoisotopic (exact) mass is 537 g/mol. The van der Waals surface area contributed by atoms with Crippen LogP contribution in [0.3, 0.4) is 0 Å². The lowest BCUT2D eigenvalue weighted by Gasteiger charge is -2.16. The highest BCUT2D eigenvalue weighted by atomic mass is 127. The van der Waals surface area contributed by atoms with Gasteiger partial charge in [-0.3, -0.25) is 4.79 Å². The Balaban J connectivity index is 0.00000341. The summed E-state index contributed by atoms with van der Waals surface area (Å²) >= 11 is 0. The second-order valence-electron chi connectivity index (χ2n) is 7.24. The van der Waals surface area contributed by atoms with Crippen molar-refractivity contribution in [3.63, 3.8) is 0 Å². The third-order valence-electron chi connectivity index (χ3n) is 4.86. The van der Waals surface area contributed by atoms with Crippen LogP contribution < -0.4 is 15.4 Å². The van der Waals surface area contributed by atoms with E-state index in [1.807, 2.05) is 54.3 Å². The SMILES string of the molecule is CCNC(=NCc1ccnc(OCc2ccccc2)c1)NCCCN1CCCC1=O.I. The van der Waals surface area contributed by atoms with Gasteiger partial charge in [0, 0.05) is 44.9 Å². The molecule has 2 aromatic rings. The van der Waals surface area contributed by atoms with Crippen LogP contribution >= 0.6 is 24.0 Å². The average Bonchev–Trinajstić information content (AvgIpc) is 3.19. The van der Waals surface area contributed by atoms with E-state index >= 15 is 0 Å². The number of halogens is 1. The number of rotatable bonds is 10. The molecule has 0 radical (unpaired) electrons. The first-order valence-corrected chi connectivity index (χ1v) is 10.7. The number of ether oxygens (including phenoxy) is 1. The molecule has 168 valence electrons. The van der Waals surface area contributed by atoms with Crippen molar-refractivity contribution < 1.29 is 9.53 Å². The van der Waals surface area contributed by atoms with Gasteiger partial charge in [-0.05, 0) is 37.0 Å². The van der Waals surface area contributed by atoms with Gasteiger partial charge in [-0.1, -0.05) is 30.3 Å². The summed E-state index contributed by atoms with van der Waals surface area (Å²) in [6, 6.07) is 13.9. The Morgan fingerprint density at radius 3 is 2.77 bits per heavy atom. The molecule has 0 unspecified atom stereocenters. The smallest absolute Gasteiger partial charge is 0.222 e. The van der Waals surface area contributed by atoms with E-state index in [9.17, 15) is 4.79 Å². The minimum Gasteiger partial charge on any atom is -0.473 e. The van der Waals surface area contributed by atoms with Crippen molar-refractivity contribution in [3.05, 3.63) is 59.8 Å². The molecular formula is C23H32IN5O2. The van der Waals surface area contributed by atoms with Gasteiger partial charge in [0.2, 0.25) is 11.8 Å². The number of pyridine rings is 1. The molecule has 1 fully saturated rings. The van der Waals surface area contributed by atoms with Gasteiger partial charge in [0.15, 0.2) is 5.96 Å². The maximum Gasteiger partial charge on any atom is 0.222 e. The molecule has 0 atom stereocenters. The molecule has 0 spiro atoms. The molecule has 8 heteroatoms. The summed E-state index contributed by atoms with van der Waals surface area (Å²) in [7, 11) is 0. The molecule has 0 saturated carbocycles. The lowest BCUT2D eigenvalue weighted by molar-refractivity contribution is -0.127. The average molecular weight is 537 g/mol. The number of benzene rings is 1. The molecule has 0 bridgehead atoms. The molecule has 1 aromatic heterocycles. The normalized spacial score (nSPS) is 13.6. The summed E-state index contributed by atoms with van der Waals surface area (Å²) in [5, 5.41) is 6.61. The maximum absolute atomic E-state index is 11.7. The van der Waals surface area contributed by atoms with Crippen molar-refractivity contribution in [2.75, 3.05) is 26.2 Å². The molecule has 31 heavy (non-hydrogen) atoms. The number of carbonyl (C=O) groups is 1. The van der Waals surface area contributed by atoms with Crippen LogP contribution in [0, 0.1) is 0 Å². The summed E-state index contributed by atoms with van der Waals surface area (Å²) in [5.41, 5.74) is 2.14. The Labute approximate surface area is 201 Å². The molecule has 3 rings (SSSR count). The molecule has 1 amide bonds. The molecule has 2 heterocycles. The number of hydrogen-bond acceptors (Lipinski definition) is 4. The fourth-order valence-electron chi connectivity index (χ4n) is 3.29. The second-order valence-corrected chi connectivity index (χ2v) is 7.24. The zero-order valence-corrected chi connectivity index (χ0v) is 20.4. The van der Waals surface area contributed by atoms with Crippen LogP contribution in [0.25, 0.3) is 0 Å². The zero-order valence-electron chi connectivity index (χ0n) is 18.0. The Bertz CT molecular complexity index is 832. The van der Waals surface area contributed by atoms with E-state index in [0.29, 0.717) is 25.5 Å². The van der Waals surface area contributed by atoms with Gasteiger partial charge in [-0.15, -0.1) is 24.0 Å². The predicted octanol–water partition coefficient (Wildman–Crippen LogP) is 3.35. The Morgan fingerprint density at radius 1 is 1.19 bits per heavy atom. The first-order chi connectivity index (χ1) is 14.7. The number of aliphatic imine (C=N–C) groups is 1. The van der Waals surface area contributed by atoms with Gasteiger partial charge in [-0.25, -0.2) is 9.98 Å². The van der Waals surface area contributed by atoms with Crippen molar-refractivity contribution in [2.45, 2.75) is 39.3 Å². The number of nitrogens with one attached hydrogen (secondary N) is 2. The number of guanidine groups is 1. The second kappa shape index (κ2) is 13.8. The minimum atomic E-state index is 0. The minimum absolute atomic E-state index is 0. The van der Waals surface area contributed by atoms with Crippen molar-refractivity contribution in [1.29, 1.82) is 0 Å². The van der Waals surface area contributed by atoms with Crippen molar-refractivity contribution in [1.82, 2.24) is 20.5 Å². The molecule has 7 nitrogen and oxygen atoms in total. The van der Waals surface area contributed by atoms with Crippen LogP contribution in [0.4, 0.5) is 0 Å². The summed E-state index contributed by atoms with van der Waals surface area (Å²) < 4.78 is 5.80. The highest BCUT2D eigenvalue weighted by Crippen LogP contribution is 2.13. The van der Waals surface area contributed by atoms with E-state index in [1.54, 1.807) is 6.20 Å². The zero-order chi connectivity index (χ0) is 21.0. The van der Waals surface area contributed by atoms with Crippen LogP contribution in [0.5, 0.6) is 5.88 Å². The van der Waals surface area contributed by atoms with E-state index in [2.05, 4.69) is 20.6 Å². The molecule has 1 aromatic carbocycles. The molecule has 1 aliphatic rings. The summed E-state index contributed by atoms with van der Waals surface area (Å²) in [6.07, 6.45) is 4.33. The van der Waals surface area contributed by atoms with Crippen LogP contribution in [-0.2, 0) is 17.9 Å². The largest absolute Gasteiger partial charge is 0.473 e. The van der Waals surface area contributed by atoms with E-state index < -0.39 is 0 Å². The highest BCUT2D eigenvalue weighted by Gasteiger charge is 2.18. The van der Waals surface area contributed by atoms with Crippen LogP contribution in [0.15, 0.2) is 53.7 Å². The van der Waals surface area contributed by atoms with E-state index in [-0.39, 0.29) is 29.9 Å². The first kappa shape index (κ1) is 24.9. The third-order valence-corrected chi connectivity index (χ3v) is 4.86. The van der Waals surface area contributed by atoms with Crippen LogP contribution in [0.2, 0.25) is 0 Å². The van der Waals surface area contributed by atoms with Gasteiger partial charge in [0.05, 0.1) is 6.54 Å². The van der Waals surface area contributed by atoms with Crippen LogP contribution in [-0.4, -0.2) is 47.9 Å².